The minimum atomic E-state index is -0.709. The lowest BCUT2D eigenvalue weighted by molar-refractivity contribution is -0.149. The molecule has 1 saturated heterocycles. The van der Waals surface area contributed by atoms with Gasteiger partial charge in [-0.3, -0.25) is 4.79 Å². The van der Waals surface area contributed by atoms with Crippen LogP contribution in [0.5, 0.6) is 0 Å². The highest BCUT2D eigenvalue weighted by atomic mass is 19.1. The fraction of sp³-hybridized carbons (Fsp3) is 0.588. The summed E-state index contributed by atoms with van der Waals surface area (Å²) >= 11 is 0. The van der Waals surface area contributed by atoms with E-state index in [0.717, 1.165) is 12.8 Å². The van der Waals surface area contributed by atoms with Gasteiger partial charge in [-0.2, -0.15) is 0 Å². The quantitative estimate of drug-likeness (QED) is 0.906. The molecule has 3 fully saturated rings. The molecule has 1 aromatic carbocycles. The summed E-state index contributed by atoms with van der Waals surface area (Å²) in [6, 6.07) is 5.89. The number of carbonyl (C=O) groups is 1. The molecule has 2 saturated carbocycles. The summed E-state index contributed by atoms with van der Waals surface area (Å²) in [5.74, 6) is 0.209. The maximum atomic E-state index is 13.0. The number of amides is 1. The average Bonchev–Trinajstić information content (AvgIpc) is 2.93. The highest BCUT2D eigenvalue weighted by molar-refractivity contribution is 5.99. The highest BCUT2D eigenvalue weighted by Crippen LogP contribution is 2.75. The Balaban J connectivity index is 1.65. The Hall–Kier alpha value is -1.42. The van der Waals surface area contributed by atoms with Gasteiger partial charge in [-0.15, -0.1) is 0 Å². The Bertz CT molecular complexity index is 616. The lowest BCUT2D eigenvalue weighted by atomic mass is 9.66. The van der Waals surface area contributed by atoms with E-state index in [1.165, 1.54) is 18.6 Å². The Labute approximate surface area is 123 Å². The van der Waals surface area contributed by atoms with Crippen LogP contribution in [0.1, 0.15) is 33.1 Å². The molecule has 1 heterocycles. The summed E-state index contributed by atoms with van der Waals surface area (Å²) in [6.07, 6.45) is 3.06. The predicted molar refractivity (Wildman–Crippen MR) is 77.3 cm³/mol. The van der Waals surface area contributed by atoms with Crippen LogP contribution in [0, 0.1) is 22.6 Å². The SMILES string of the molecule is C[C@]12CC[C@@H]3C[C@]1(C(=O)Nc1ccc(F)cc1)OC[C@@]32C. The van der Waals surface area contributed by atoms with Crippen molar-refractivity contribution in [1.29, 1.82) is 0 Å². The van der Waals surface area contributed by atoms with Gasteiger partial charge in [0.1, 0.15) is 5.82 Å². The second kappa shape index (κ2) is 3.86. The van der Waals surface area contributed by atoms with Crippen molar-refractivity contribution in [1.82, 2.24) is 0 Å². The number of benzene rings is 1. The molecule has 4 rings (SSSR count). The van der Waals surface area contributed by atoms with E-state index in [-0.39, 0.29) is 22.6 Å². The number of halogens is 1. The van der Waals surface area contributed by atoms with Gasteiger partial charge in [0.15, 0.2) is 5.60 Å². The Morgan fingerprint density at radius 1 is 1.33 bits per heavy atom. The summed E-state index contributed by atoms with van der Waals surface area (Å²) in [7, 11) is 0. The average molecular weight is 289 g/mol. The molecule has 3 nitrogen and oxygen atoms in total. The number of carbonyl (C=O) groups excluding carboxylic acids is 1. The van der Waals surface area contributed by atoms with Crippen molar-refractivity contribution in [2.24, 2.45) is 16.7 Å². The first-order chi connectivity index (χ1) is 9.91. The maximum Gasteiger partial charge on any atom is 0.257 e. The van der Waals surface area contributed by atoms with E-state index in [9.17, 15) is 9.18 Å². The second-order valence-electron chi connectivity index (χ2n) is 7.27. The Kier molecular flexibility index (Phi) is 2.44. The van der Waals surface area contributed by atoms with E-state index in [0.29, 0.717) is 18.2 Å². The highest BCUT2D eigenvalue weighted by Gasteiger charge is 2.78. The van der Waals surface area contributed by atoms with Gasteiger partial charge < -0.3 is 10.1 Å². The molecule has 1 aliphatic heterocycles. The number of anilines is 1. The number of nitrogens with one attached hydrogen (secondary N) is 1. The number of rotatable bonds is 2. The fourth-order valence-electron chi connectivity index (χ4n) is 5.02. The summed E-state index contributed by atoms with van der Waals surface area (Å²) in [6.45, 7) is 5.15. The van der Waals surface area contributed by atoms with Gasteiger partial charge in [0.05, 0.1) is 6.61 Å². The minimum Gasteiger partial charge on any atom is -0.364 e. The van der Waals surface area contributed by atoms with Crippen molar-refractivity contribution in [2.75, 3.05) is 11.9 Å². The lowest BCUT2D eigenvalue weighted by Crippen LogP contribution is -2.52. The monoisotopic (exact) mass is 289 g/mol. The van der Waals surface area contributed by atoms with Crippen LogP contribution in [-0.4, -0.2) is 18.1 Å². The molecule has 21 heavy (non-hydrogen) atoms. The molecule has 2 aliphatic carbocycles. The van der Waals surface area contributed by atoms with Crippen LogP contribution in [0.2, 0.25) is 0 Å². The summed E-state index contributed by atoms with van der Waals surface area (Å²) in [5.41, 5.74) is -0.0552. The first-order valence-corrected chi connectivity index (χ1v) is 7.62. The van der Waals surface area contributed by atoms with Crippen molar-refractivity contribution in [3.63, 3.8) is 0 Å². The molecule has 112 valence electrons. The molecule has 1 amide bonds. The number of hydrogen-bond donors (Lipinski definition) is 1. The van der Waals surface area contributed by atoms with E-state index >= 15 is 0 Å². The van der Waals surface area contributed by atoms with Crippen LogP contribution < -0.4 is 5.32 Å². The van der Waals surface area contributed by atoms with Crippen molar-refractivity contribution in [2.45, 2.75) is 38.7 Å². The molecule has 0 radical (unpaired) electrons. The molecule has 0 unspecified atom stereocenters. The van der Waals surface area contributed by atoms with Crippen molar-refractivity contribution in [3.05, 3.63) is 30.1 Å². The van der Waals surface area contributed by atoms with Crippen LogP contribution in [0.15, 0.2) is 24.3 Å². The maximum absolute atomic E-state index is 13.0. The van der Waals surface area contributed by atoms with Crippen molar-refractivity contribution >= 4 is 11.6 Å². The molecule has 0 spiro atoms. The number of ether oxygens (including phenoxy) is 1. The van der Waals surface area contributed by atoms with Crippen LogP contribution in [0.3, 0.4) is 0 Å². The zero-order valence-electron chi connectivity index (χ0n) is 12.4. The van der Waals surface area contributed by atoms with E-state index in [4.69, 9.17) is 4.74 Å². The van der Waals surface area contributed by atoms with Gasteiger partial charge in [-0.25, -0.2) is 4.39 Å². The zero-order chi connectivity index (χ0) is 14.9. The predicted octanol–water partition coefficient (Wildman–Crippen LogP) is 3.36. The third-order valence-corrected chi connectivity index (χ3v) is 6.67. The van der Waals surface area contributed by atoms with E-state index in [1.807, 2.05) is 0 Å². The zero-order valence-corrected chi connectivity index (χ0v) is 12.4. The van der Waals surface area contributed by atoms with E-state index < -0.39 is 5.60 Å². The van der Waals surface area contributed by atoms with Crippen LogP contribution in [-0.2, 0) is 9.53 Å². The first kappa shape index (κ1) is 13.3. The van der Waals surface area contributed by atoms with E-state index in [1.54, 1.807) is 12.1 Å². The molecule has 4 atom stereocenters. The van der Waals surface area contributed by atoms with Gasteiger partial charge in [0.25, 0.3) is 5.91 Å². The third-order valence-electron chi connectivity index (χ3n) is 6.67. The van der Waals surface area contributed by atoms with Crippen LogP contribution in [0.4, 0.5) is 10.1 Å². The molecular weight excluding hydrogens is 269 g/mol. The molecule has 0 aromatic heterocycles. The number of hydrogen-bond acceptors (Lipinski definition) is 2. The largest absolute Gasteiger partial charge is 0.364 e. The molecule has 1 N–H and O–H groups in total. The smallest absolute Gasteiger partial charge is 0.257 e. The summed E-state index contributed by atoms with van der Waals surface area (Å²) < 4.78 is 19.0. The molecule has 1 aromatic rings. The molecular formula is C17H20FNO2. The Morgan fingerprint density at radius 3 is 2.67 bits per heavy atom. The van der Waals surface area contributed by atoms with Crippen molar-refractivity contribution in [3.8, 4) is 0 Å². The standard InChI is InChI=1S/C17H20FNO2/c1-15-10-21-17(9-11(15)7-8-16(15,17)2)14(20)19-13-5-3-12(18)4-6-13/h3-6,11H,7-10H2,1-2H3,(H,19,20)/t11-,15+,16-,17-/m1/s1. The molecule has 3 aliphatic rings. The van der Waals surface area contributed by atoms with Gasteiger partial charge in [0, 0.05) is 16.5 Å². The fourth-order valence-corrected chi connectivity index (χ4v) is 5.02. The lowest BCUT2D eigenvalue weighted by Gasteiger charge is -2.39. The summed E-state index contributed by atoms with van der Waals surface area (Å²) in [4.78, 5) is 12.9. The van der Waals surface area contributed by atoms with Crippen LogP contribution >= 0.6 is 0 Å². The minimum absolute atomic E-state index is 0.0671. The molecule has 4 bridgehead atoms. The van der Waals surface area contributed by atoms with Gasteiger partial charge >= 0.3 is 0 Å². The van der Waals surface area contributed by atoms with Gasteiger partial charge in [-0.1, -0.05) is 13.8 Å². The Morgan fingerprint density at radius 2 is 2.05 bits per heavy atom. The first-order valence-electron chi connectivity index (χ1n) is 7.62. The van der Waals surface area contributed by atoms with Gasteiger partial charge in [-0.05, 0) is 49.4 Å². The van der Waals surface area contributed by atoms with Crippen LogP contribution in [0.25, 0.3) is 0 Å². The molecule has 4 heteroatoms. The topological polar surface area (TPSA) is 38.3 Å². The normalized spacial score (nSPS) is 43.3. The van der Waals surface area contributed by atoms with Crippen molar-refractivity contribution < 1.29 is 13.9 Å². The van der Waals surface area contributed by atoms with E-state index in [2.05, 4.69) is 19.2 Å². The summed E-state index contributed by atoms with van der Waals surface area (Å²) in [5, 5.41) is 2.93. The van der Waals surface area contributed by atoms with Gasteiger partial charge in [0.2, 0.25) is 0 Å². The third kappa shape index (κ3) is 1.39. The second-order valence-corrected chi connectivity index (χ2v) is 7.27.